The van der Waals surface area contributed by atoms with Crippen LogP contribution in [0, 0.1) is 0 Å². The molecule has 0 bridgehead atoms. The highest BCUT2D eigenvalue weighted by molar-refractivity contribution is 5.96. The first-order valence-corrected chi connectivity index (χ1v) is 12.2. The van der Waals surface area contributed by atoms with E-state index < -0.39 is 0 Å². The summed E-state index contributed by atoms with van der Waals surface area (Å²) in [6.07, 6.45) is 4.01. The summed E-state index contributed by atoms with van der Waals surface area (Å²) in [6, 6.07) is 14.9. The Balaban J connectivity index is 1.47. The van der Waals surface area contributed by atoms with Crippen LogP contribution >= 0.6 is 0 Å². The number of fused-ring (bicyclic) bond motifs is 1. The first-order valence-electron chi connectivity index (χ1n) is 12.2. The molecule has 0 unspecified atom stereocenters. The second-order valence-corrected chi connectivity index (χ2v) is 9.01. The van der Waals surface area contributed by atoms with Crippen LogP contribution in [0.5, 0.6) is 11.8 Å². The van der Waals surface area contributed by atoms with Gasteiger partial charge in [-0.25, -0.2) is 0 Å². The van der Waals surface area contributed by atoms with Gasteiger partial charge in [0.05, 0.1) is 30.4 Å². The van der Waals surface area contributed by atoms with E-state index >= 15 is 0 Å². The van der Waals surface area contributed by atoms with E-state index in [0.717, 1.165) is 53.6 Å². The lowest BCUT2D eigenvalue weighted by molar-refractivity contribution is -0.120. The smallest absolute Gasteiger partial charge is 0.297 e. The van der Waals surface area contributed by atoms with Gasteiger partial charge in [0, 0.05) is 25.6 Å². The zero-order valence-electron chi connectivity index (χ0n) is 20.5. The Labute approximate surface area is 201 Å². The van der Waals surface area contributed by atoms with Crippen LogP contribution in [0.3, 0.4) is 0 Å². The van der Waals surface area contributed by atoms with E-state index in [2.05, 4.69) is 17.4 Å². The van der Waals surface area contributed by atoms with Crippen molar-refractivity contribution in [1.82, 2.24) is 14.9 Å². The third-order valence-electron chi connectivity index (χ3n) is 6.24. The van der Waals surface area contributed by atoms with E-state index in [1.54, 1.807) is 0 Å². The summed E-state index contributed by atoms with van der Waals surface area (Å²) in [6.45, 7) is 6.62. The number of ether oxygens (including phenoxy) is 3. The van der Waals surface area contributed by atoms with Crippen molar-refractivity contribution in [2.45, 2.75) is 64.7 Å². The molecule has 1 aliphatic carbocycles. The van der Waals surface area contributed by atoms with Crippen molar-refractivity contribution in [2.24, 2.45) is 7.05 Å². The van der Waals surface area contributed by atoms with Gasteiger partial charge in [0.25, 0.3) is 6.01 Å². The summed E-state index contributed by atoms with van der Waals surface area (Å²) in [7, 11) is 2.00. The molecule has 7 heteroatoms. The summed E-state index contributed by atoms with van der Waals surface area (Å²) in [5.41, 5.74) is 4.03. The van der Waals surface area contributed by atoms with Gasteiger partial charge in [-0.05, 0) is 57.2 Å². The molecule has 0 radical (unpaired) electrons. The molecule has 182 valence electrons. The number of nitrogens with zero attached hydrogens (tertiary/aromatic N) is 2. The molecule has 7 nitrogen and oxygen atoms in total. The lowest BCUT2D eigenvalue weighted by Gasteiger charge is -2.29. The van der Waals surface area contributed by atoms with Crippen molar-refractivity contribution in [3.8, 4) is 22.9 Å². The minimum atomic E-state index is -0.0283. The topological polar surface area (TPSA) is 74.6 Å². The molecule has 1 aromatic heterocycles. The second-order valence-electron chi connectivity index (χ2n) is 9.01. The Kier molecular flexibility index (Phi) is 7.73. The minimum Gasteiger partial charge on any atom is -0.493 e. The number of hydrogen-bond acceptors (Lipinski definition) is 5. The zero-order chi connectivity index (χ0) is 24.1. The van der Waals surface area contributed by atoms with Gasteiger partial charge in [-0.2, -0.15) is 4.98 Å². The van der Waals surface area contributed by atoms with E-state index in [-0.39, 0.29) is 24.2 Å². The molecule has 0 aliphatic heterocycles. The van der Waals surface area contributed by atoms with Crippen molar-refractivity contribution in [3.63, 3.8) is 0 Å². The van der Waals surface area contributed by atoms with Crippen molar-refractivity contribution in [3.05, 3.63) is 42.5 Å². The molecule has 1 heterocycles. The molecular formula is C27H35N3O4. The first-order chi connectivity index (χ1) is 16.5. The highest BCUT2D eigenvalue weighted by Gasteiger charge is 2.26. The van der Waals surface area contributed by atoms with Gasteiger partial charge in [-0.1, -0.05) is 30.3 Å². The second kappa shape index (κ2) is 10.9. The van der Waals surface area contributed by atoms with Crippen LogP contribution in [0.2, 0.25) is 0 Å². The van der Waals surface area contributed by atoms with E-state index in [1.165, 1.54) is 6.92 Å². The molecule has 1 amide bonds. The predicted molar refractivity (Wildman–Crippen MR) is 133 cm³/mol. The normalized spacial score (nSPS) is 19.1. The molecule has 0 spiro atoms. The number of nitrogens with one attached hydrogen (secondary N) is 1. The summed E-state index contributed by atoms with van der Waals surface area (Å²) >= 11 is 0. The molecule has 1 N–H and O–H groups in total. The van der Waals surface area contributed by atoms with Crippen LogP contribution in [0.25, 0.3) is 22.2 Å². The number of hydrogen-bond donors (Lipinski definition) is 1. The van der Waals surface area contributed by atoms with Crippen molar-refractivity contribution in [1.29, 1.82) is 0 Å². The fraction of sp³-hybridized carbons (Fsp3) is 0.481. The third kappa shape index (κ3) is 5.53. The molecule has 1 atom stereocenters. The fourth-order valence-corrected chi connectivity index (χ4v) is 4.66. The predicted octanol–water partition coefficient (Wildman–Crippen LogP) is 4.87. The Morgan fingerprint density at radius 1 is 1.12 bits per heavy atom. The summed E-state index contributed by atoms with van der Waals surface area (Å²) in [5.74, 6) is 0.821. The van der Waals surface area contributed by atoms with E-state index in [4.69, 9.17) is 19.2 Å². The monoisotopic (exact) mass is 465 g/mol. The Morgan fingerprint density at radius 3 is 2.50 bits per heavy atom. The number of carbonyl (C=O) groups is 1. The molecule has 34 heavy (non-hydrogen) atoms. The number of aryl methyl sites for hydroxylation is 1. The zero-order valence-corrected chi connectivity index (χ0v) is 20.5. The van der Waals surface area contributed by atoms with E-state index in [9.17, 15) is 4.79 Å². The van der Waals surface area contributed by atoms with Crippen LogP contribution in [0.1, 0.15) is 46.5 Å². The van der Waals surface area contributed by atoms with Crippen LogP contribution < -0.4 is 14.8 Å². The molecule has 2 aromatic carbocycles. The number of aromatic nitrogens is 2. The summed E-state index contributed by atoms with van der Waals surface area (Å²) < 4.78 is 20.4. The Hall–Kier alpha value is -3.06. The maximum absolute atomic E-state index is 11.2. The van der Waals surface area contributed by atoms with Gasteiger partial charge in [-0.15, -0.1) is 0 Å². The standard InChI is InChI=1S/C27H35N3O4/c1-5-32-24-16-15-23-26(25(24)20-9-7-6-8-10-20)30(4)27(29-23)34-22-13-11-21(12-14-22)33-17-18(2)28-19(3)31/h6-10,15-16,18,21-22H,5,11-14,17H2,1-4H3,(H,28,31)/t18-,21?,22?/m0/s1. The lowest BCUT2D eigenvalue weighted by Crippen LogP contribution is -2.37. The van der Waals surface area contributed by atoms with Gasteiger partial charge < -0.3 is 19.5 Å². The molecule has 4 rings (SSSR count). The average Bonchev–Trinajstić information content (AvgIpc) is 3.14. The maximum atomic E-state index is 11.2. The maximum Gasteiger partial charge on any atom is 0.297 e. The highest BCUT2D eigenvalue weighted by Crippen LogP contribution is 2.39. The average molecular weight is 466 g/mol. The third-order valence-corrected chi connectivity index (χ3v) is 6.24. The minimum absolute atomic E-state index is 0.0202. The SMILES string of the molecule is CCOc1ccc2nc(OC3CCC(OC[C@H](C)NC(C)=O)CC3)n(C)c2c1-c1ccccc1. The summed E-state index contributed by atoms with van der Waals surface area (Å²) in [5, 5.41) is 2.86. The first kappa shape index (κ1) is 24.1. The molecule has 3 aromatic rings. The lowest BCUT2D eigenvalue weighted by atomic mass is 9.95. The molecule has 0 saturated heterocycles. The van der Waals surface area contributed by atoms with E-state index in [1.807, 2.05) is 55.8 Å². The van der Waals surface area contributed by atoms with Gasteiger partial charge in [0.1, 0.15) is 11.9 Å². The number of benzene rings is 2. The molecule has 1 aliphatic rings. The van der Waals surface area contributed by atoms with Gasteiger partial charge in [0.2, 0.25) is 5.91 Å². The van der Waals surface area contributed by atoms with Gasteiger partial charge in [0.15, 0.2) is 0 Å². The fourth-order valence-electron chi connectivity index (χ4n) is 4.66. The van der Waals surface area contributed by atoms with Crippen LogP contribution in [0.15, 0.2) is 42.5 Å². The van der Waals surface area contributed by atoms with Gasteiger partial charge >= 0.3 is 0 Å². The highest BCUT2D eigenvalue weighted by atomic mass is 16.5. The van der Waals surface area contributed by atoms with Crippen molar-refractivity contribution < 1.29 is 19.0 Å². The van der Waals surface area contributed by atoms with E-state index in [0.29, 0.717) is 19.2 Å². The number of amides is 1. The van der Waals surface area contributed by atoms with Crippen molar-refractivity contribution >= 4 is 16.9 Å². The number of imidazole rings is 1. The van der Waals surface area contributed by atoms with Crippen LogP contribution in [-0.4, -0.2) is 46.9 Å². The van der Waals surface area contributed by atoms with Crippen molar-refractivity contribution in [2.75, 3.05) is 13.2 Å². The number of rotatable bonds is 9. The molecular weight excluding hydrogens is 430 g/mol. The van der Waals surface area contributed by atoms with Crippen LogP contribution in [-0.2, 0) is 16.6 Å². The molecule has 1 saturated carbocycles. The van der Waals surface area contributed by atoms with Gasteiger partial charge in [-0.3, -0.25) is 9.36 Å². The number of carbonyl (C=O) groups excluding carboxylic acids is 1. The van der Waals surface area contributed by atoms with Crippen LogP contribution in [0.4, 0.5) is 0 Å². The Bertz CT molecular complexity index is 1100. The largest absolute Gasteiger partial charge is 0.493 e. The summed E-state index contributed by atoms with van der Waals surface area (Å²) in [4.78, 5) is 16.0. The molecule has 1 fully saturated rings. The Morgan fingerprint density at radius 2 is 1.82 bits per heavy atom. The quantitative estimate of drug-likeness (QED) is 0.488.